The fourth-order valence-electron chi connectivity index (χ4n) is 3.65. The number of nitrogens with zero attached hydrogens (tertiary/aromatic N) is 3. The molecule has 6 heteroatoms. The van der Waals surface area contributed by atoms with Gasteiger partial charge in [0.2, 0.25) is 17.7 Å². The van der Waals surface area contributed by atoms with Gasteiger partial charge in [-0.2, -0.15) is 0 Å². The van der Waals surface area contributed by atoms with E-state index < -0.39 is 0 Å². The molecule has 2 saturated heterocycles. The molecule has 23 heavy (non-hydrogen) atoms. The molecule has 0 aromatic carbocycles. The number of carbonyl (C=O) groups is 3. The maximum atomic E-state index is 12.7. The lowest BCUT2D eigenvalue weighted by Gasteiger charge is -2.33. The molecular formula is C17H27N3O3. The number of likely N-dealkylation sites (tertiary alicyclic amines) is 1. The van der Waals surface area contributed by atoms with Gasteiger partial charge >= 0.3 is 0 Å². The van der Waals surface area contributed by atoms with E-state index >= 15 is 0 Å². The normalized spacial score (nSPS) is 23.6. The van der Waals surface area contributed by atoms with Gasteiger partial charge in [0.25, 0.3) is 0 Å². The Morgan fingerprint density at radius 1 is 0.652 bits per heavy atom. The summed E-state index contributed by atoms with van der Waals surface area (Å²) in [5.74, 6) is 0.896. The zero-order valence-electron chi connectivity index (χ0n) is 14.0. The molecule has 0 aromatic heterocycles. The van der Waals surface area contributed by atoms with Crippen molar-refractivity contribution in [1.29, 1.82) is 0 Å². The molecule has 3 fully saturated rings. The van der Waals surface area contributed by atoms with Crippen LogP contribution in [0.3, 0.4) is 0 Å². The smallest absolute Gasteiger partial charge is 0.225 e. The van der Waals surface area contributed by atoms with Gasteiger partial charge in [-0.25, -0.2) is 0 Å². The quantitative estimate of drug-likeness (QED) is 0.753. The Labute approximate surface area is 137 Å². The van der Waals surface area contributed by atoms with Crippen LogP contribution in [0.15, 0.2) is 0 Å². The number of hydrogen-bond donors (Lipinski definition) is 0. The van der Waals surface area contributed by atoms with Gasteiger partial charge in [-0.1, -0.05) is 0 Å². The molecule has 0 spiro atoms. The average Bonchev–Trinajstić information content (AvgIpc) is 3.40. The van der Waals surface area contributed by atoms with Gasteiger partial charge < -0.3 is 14.7 Å². The summed E-state index contributed by atoms with van der Waals surface area (Å²) in [5.41, 5.74) is 0. The molecule has 3 aliphatic rings. The minimum absolute atomic E-state index is 0.0382. The Morgan fingerprint density at radius 2 is 1.13 bits per heavy atom. The van der Waals surface area contributed by atoms with Crippen LogP contribution in [0.2, 0.25) is 0 Å². The standard InChI is InChI=1S/C17H27N3O3/c1-13(21)18-9-5-15(6-10-18)17(23)20-8-2-7-19(11-12-20)16(22)14-3-4-14/h14-15H,2-12H2,1H3. The minimum atomic E-state index is 0.0382. The van der Waals surface area contributed by atoms with Gasteiger partial charge in [-0.15, -0.1) is 0 Å². The van der Waals surface area contributed by atoms with E-state index in [1.165, 1.54) is 0 Å². The van der Waals surface area contributed by atoms with Crippen LogP contribution in [-0.4, -0.2) is 71.7 Å². The second-order valence-electron chi connectivity index (χ2n) is 7.06. The van der Waals surface area contributed by atoms with Crippen LogP contribution >= 0.6 is 0 Å². The summed E-state index contributed by atoms with van der Waals surface area (Å²) >= 11 is 0. The second kappa shape index (κ2) is 6.89. The van der Waals surface area contributed by atoms with Crippen LogP contribution in [-0.2, 0) is 14.4 Å². The first-order chi connectivity index (χ1) is 11.1. The molecule has 1 aliphatic carbocycles. The summed E-state index contributed by atoms with van der Waals surface area (Å²) in [7, 11) is 0. The van der Waals surface area contributed by atoms with E-state index in [9.17, 15) is 14.4 Å². The highest BCUT2D eigenvalue weighted by molar-refractivity contribution is 5.82. The molecule has 3 amide bonds. The Balaban J connectivity index is 1.50. The first kappa shape index (κ1) is 16.3. The zero-order valence-corrected chi connectivity index (χ0v) is 14.0. The van der Waals surface area contributed by atoms with E-state index in [4.69, 9.17) is 0 Å². The monoisotopic (exact) mass is 321 g/mol. The predicted octanol–water partition coefficient (Wildman–Crippen LogP) is 0.716. The fourth-order valence-corrected chi connectivity index (χ4v) is 3.65. The molecular weight excluding hydrogens is 294 g/mol. The van der Waals surface area contributed by atoms with Gasteiger partial charge in [0.15, 0.2) is 0 Å². The van der Waals surface area contributed by atoms with Crippen molar-refractivity contribution in [1.82, 2.24) is 14.7 Å². The molecule has 1 saturated carbocycles. The zero-order chi connectivity index (χ0) is 16.4. The van der Waals surface area contributed by atoms with E-state index in [0.29, 0.717) is 26.2 Å². The number of piperidine rings is 1. The molecule has 0 N–H and O–H groups in total. The van der Waals surface area contributed by atoms with Crippen molar-refractivity contribution in [3.05, 3.63) is 0 Å². The van der Waals surface area contributed by atoms with Crippen molar-refractivity contribution in [3.63, 3.8) is 0 Å². The molecule has 3 rings (SSSR count). The van der Waals surface area contributed by atoms with Gasteiger partial charge in [0, 0.05) is 58.0 Å². The third-order valence-electron chi connectivity index (χ3n) is 5.34. The lowest BCUT2D eigenvalue weighted by molar-refractivity contribution is -0.140. The maximum absolute atomic E-state index is 12.7. The number of hydrogen-bond acceptors (Lipinski definition) is 3. The van der Waals surface area contributed by atoms with Crippen LogP contribution in [0.5, 0.6) is 0 Å². The Bertz CT molecular complexity index is 481. The highest BCUT2D eigenvalue weighted by Gasteiger charge is 2.35. The lowest BCUT2D eigenvalue weighted by atomic mass is 9.95. The molecule has 6 nitrogen and oxygen atoms in total. The van der Waals surface area contributed by atoms with Crippen molar-refractivity contribution in [2.75, 3.05) is 39.3 Å². The number of amides is 3. The summed E-state index contributed by atoms with van der Waals surface area (Å²) in [6.07, 6.45) is 4.47. The molecule has 0 aromatic rings. The second-order valence-corrected chi connectivity index (χ2v) is 7.06. The fraction of sp³-hybridized carbons (Fsp3) is 0.824. The van der Waals surface area contributed by atoms with E-state index in [2.05, 4.69) is 0 Å². The Morgan fingerprint density at radius 3 is 1.57 bits per heavy atom. The Kier molecular flexibility index (Phi) is 4.87. The average molecular weight is 321 g/mol. The van der Waals surface area contributed by atoms with E-state index in [-0.39, 0.29) is 29.6 Å². The van der Waals surface area contributed by atoms with Crippen LogP contribution < -0.4 is 0 Å². The topological polar surface area (TPSA) is 60.9 Å². The van der Waals surface area contributed by atoms with Gasteiger partial charge in [0.1, 0.15) is 0 Å². The van der Waals surface area contributed by atoms with Crippen molar-refractivity contribution < 1.29 is 14.4 Å². The molecule has 0 atom stereocenters. The van der Waals surface area contributed by atoms with E-state index in [1.807, 2.05) is 14.7 Å². The molecule has 0 radical (unpaired) electrons. The number of rotatable bonds is 2. The summed E-state index contributed by atoms with van der Waals surface area (Å²) in [4.78, 5) is 42.0. The van der Waals surface area contributed by atoms with Gasteiger partial charge in [0.05, 0.1) is 0 Å². The molecule has 0 unspecified atom stereocenters. The van der Waals surface area contributed by atoms with Crippen molar-refractivity contribution >= 4 is 17.7 Å². The third kappa shape index (κ3) is 3.85. The van der Waals surface area contributed by atoms with Gasteiger partial charge in [-0.05, 0) is 32.1 Å². The highest BCUT2D eigenvalue weighted by Crippen LogP contribution is 2.31. The summed E-state index contributed by atoms with van der Waals surface area (Å²) in [6.45, 7) is 5.82. The summed E-state index contributed by atoms with van der Waals surface area (Å²) in [6, 6.07) is 0. The molecule has 2 aliphatic heterocycles. The molecule has 0 bridgehead atoms. The number of carbonyl (C=O) groups excluding carboxylic acids is 3. The lowest BCUT2D eigenvalue weighted by Crippen LogP contribution is -2.45. The van der Waals surface area contributed by atoms with Crippen molar-refractivity contribution in [3.8, 4) is 0 Å². The van der Waals surface area contributed by atoms with Crippen molar-refractivity contribution in [2.45, 2.75) is 39.0 Å². The Hall–Kier alpha value is -1.59. The largest absolute Gasteiger partial charge is 0.343 e. The van der Waals surface area contributed by atoms with Crippen LogP contribution in [0.25, 0.3) is 0 Å². The maximum Gasteiger partial charge on any atom is 0.225 e. The van der Waals surface area contributed by atoms with E-state index in [1.54, 1.807) is 6.92 Å². The summed E-state index contributed by atoms with van der Waals surface area (Å²) < 4.78 is 0. The highest BCUT2D eigenvalue weighted by atomic mass is 16.2. The van der Waals surface area contributed by atoms with E-state index in [0.717, 1.165) is 45.2 Å². The SMILES string of the molecule is CC(=O)N1CCC(C(=O)N2CCCN(C(=O)C3CC3)CC2)CC1. The van der Waals surface area contributed by atoms with Crippen LogP contribution in [0.4, 0.5) is 0 Å². The van der Waals surface area contributed by atoms with Gasteiger partial charge in [-0.3, -0.25) is 14.4 Å². The first-order valence-corrected chi connectivity index (χ1v) is 8.89. The summed E-state index contributed by atoms with van der Waals surface area (Å²) in [5, 5.41) is 0. The minimum Gasteiger partial charge on any atom is -0.343 e. The van der Waals surface area contributed by atoms with Crippen LogP contribution in [0.1, 0.15) is 39.0 Å². The molecule has 2 heterocycles. The first-order valence-electron chi connectivity index (χ1n) is 8.89. The molecule has 128 valence electrons. The predicted molar refractivity (Wildman–Crippen MR) is 85.5 cm³/mol. The van der Waals surface area contributed by atoms with Crippen LogP contribution in [0, 0.1) is 11.8 Å². The third-order valence-corrected chi connectivity index (χ3v) is 5.34. The van der Waals surface area contributed by atoms with Crippen molar-refractivity contribution in [2.24, 2.45) is 11.8 Å².